The molecule has 1 aliphatic heterocycles. The molecule has 2 heterocycles. The average molecular weight is 402 g/mol. The van der Waals surface area contributed by atoms with Crippen molar-refractivity contribution >= 4 is 30.7 Å². The van der Waals surface area contributed by atoms with Gasteiger partial charge in [-0.25, -0.2) is 9.37 Å². The van der Waals surface area contributed by atoms with Crippen LogP contribution in [0.5, 0.6) is 11.6 Å². The molecule has 1 fully saturated rings. The van der Waals surface area contributed by atoms with Gasteiger partial charge in [0.15, 0.2) is 0 Å². The van der Waals surface area contributed by atoms with E-state index >= 15 is 0 Å². The summed E-state index contributed by atoms with van der Waals surface area (Å²) in [6.45, 7) is 1.19. The molecular formula is C18H22Cl2FN3O2. The van der Waals surface area contributed by atoms with E-state index in [1.54, 1.807) is 24.4 Å². The van der Waals surface area contributed by atoms with Gasteiger partial charge in [-0.3, -0.25) is 4.79 Å². The lowest BCUT2D eigenvalue weighted by Crippen LogP contribution is -2.46. The van der Waals surface area contributed by atoms with Gasteiger partial charge in [-0.1, -0.05) is 18.6 Å². The summed E-state index contributed by atoms with van der Waals surface area (Å²) in [5, 5.41) is 6.13. The van der Waals surface area contributed by atoms with Crippen LogP contribution in [0.2, 0.25) is 0 Å². The Bertz CT molecular complexity index is 712. The zero-order valence-corrected chi connectivity index (χ0v) is 15.7. The second kappa shape index (κ2) is 11.0. The quantitative estimate of drug-likeness (QED) is 0.802. The van der Waals surface area contributed by atoms with Crippen molar-refractivity contribution in [2.75, 3.05) is 6.54 Å². The molecule has 1 amide bonds. The van der Waals surface area contributed by atoms with Crippen molar-refractivity contribution in [3.63, 3.8) is 0 Å². The molecule has 1 aromatic carbocycles. The molecule has 0 radical (unpaired) electrons. The van der Waals surface area contributed by atoms with E-state index in [2.05, 4.69) is 15.6 Å². The van der Waals surface area contributed by atoms with Crippen molar-refractivity contribution in [3.8, 4) is 11.6 Å². The Morgan fingerprint density at radius 2 is 2.12 bits per heavy atom. The first-order valence-electron chi connectivity index (χ1n) is 8.11. The molecule has 1 unspecified atom stereocenters. The molecule has 142 valence electrons. The predicted molar refractivity (Wildman–Crippen MR) is 103 cm³/mol. The number of carbonyl (C=O) groups excluding carboxylic acids is 1. The average Bonchev–Trinajstić information content (AvgIpc) is 2.61. The summed E-state index contributed by atoms with van der Waals surface area (Å²) in [7, 11) is 0. The maximum absolute atomic E-state index is 13.3. The summed E-state index contributed by atoms with van der Waals surface area (Å²) in [4.78, 5) is 16.4. The van der Waals surface area contributed by atoms with Gasteiger partial charge in [0.2, 0.25) is 11.8 Å². The van der Waals surface area contributed by atoms with Crippen molar-refractivity contribution in [1.82, 2.24) is 15.6 Å². The fraction of sp³-hybridized carbons (Fsp3) is 0.333. The number of nitrogens with one attached hydrogen (secondary N) is 2. The molecule has 1 saturated heterocycles. The standard InChI is InChI=1S/C18H20FN3O2.2ClH/c19-14-6-3-7-15(11-14)24-18-13(5-4-10-21-18)12-22-17(23)16-8-1-2-9-20-16;;/h3-7,10-11,16,20H,1-2,8-9,12H2,(H,22,23);2*1H. The van der Waals surface area contributed by atoms with Crippen LogP contribution in [-0.2, 0) is 11.3 Å². The first-order valence-corrected chi connectivity index (χ1v) is 8.11. The van der Waals surface area contributed by atoms with Gasteiger partial charge < -0.3 is 15.4 Å². The number of pyridine rings is 1. The van der Waals surface area contributed by atoms with E-state index in [1.807, 2.05) is 6.07 Å². The van der Waals surface area contributed by atoms with Crippen LogP contribution in [0.4, 0.5) is 4.39 Å². The minimum atomic E-state index is -0.373. The SMILES string of the molecule is Cl.Cl.O=C(NCc1cccnc1Oc1cccc(F)c1)C1CCCCN1. The Balaban J connectivity index is 0.00000169. The first kappa shape index (κ1) is 22.2. The number of halogens is 3. The molecule has 2 N–H and O–H groups in total. The highest BCUT2D eigenvalue weighted by Gasteiger charge is 2.20. The van der Waals surface area contributed by atoms with Crippen molar-refractivity contribution < 1.29 is 13.9 Å². The number of ether oxygens (including phenoxy) is 1. The van der Waals surface area contributed by atoms with Crippen molar-refractivity contribution in [3.05, 3.63) is 54.0 Å². The molecule has 26 heavy (non-hydrogen) atoms. The van der Waals surface area contributed by atoms with E-state index in [-0.39, 0.29) is 42.6 Å². The third kappa shape index (κ3) is 6.12. The number of rotatable bonds is 5. The molecule has 0 aliphatic carbocycles. The Morgan fingerprint density at radius 1 is 1.27 bits per heavy atom. The molecule has 1 aromatic heterocycles. The van der Waals surface area contributed by atoms with Crippen molar-refractivity contribution in [1.29, 1.82) is 0 Å². The first-order chi connectivity index (χ1) is 11.7. The maximum Gasteiger partial charge on any atom is 0.237 e. The zero-order chi connectivity index (χ0) is 16.8. The number of hydrogen-bond donors (Lipinski definition) is 2. The third-order valence-electron chi connectivity index (χ3n) is 3.94. The van der Waals surface area contributed by atoms with Crippen LogP contribution >= 0.6 is 24.8 Å². The van der Waals surface area contributed by atoms with Crippen molar-refractivity contribution in [2.45, 2.75) is 31.8 Å². The zero-order valence-electron chi connectivity index (χ0n) is 14.1. The number of amides is 1. The summed E-state index contributed by atoms with van der Waals surface area (Å²) in [5.74, 6) is 0.340. The Morgan fingerprint density at radius 3 is 2.85 bits per heavy atom. The second-order valence-corrected chi connectivity index (χ2v) is 5.75. The van der Waals surface area contributed by atoms with Gasteiger partial charge in [-0.2, -0.15) is 0 Å². The topological polar surface area (TPSA) is 63.2 Å². The molecule has 2 aromatic rings. The predicted octanol–water partition coefficient (Wildman–Crippen LogP) is 3.61. The molecule has 0 spiro atoms. The lowest BCUT2D eigenvalue weighted by Gasteiger charge is -2.22. The van der Waals surface area contributed by atoms with E-state index in [1.165, 1.54) is 12.1 Å². The molecule has 0 saturated carbocycles. The number of aromatic nitrogens is 1. The van der Waals surface area contributed by atoms with E-state index in [0.717, 1.165) is 31.4 Å². The Hall–Kier alpha value is -1.89. The minimum Gasteiger partial charge on any atom is -0.439 e. The number of piperidine rings is 1. The lowest BCUT2D eigenvalue weighted by atomic mass is 10.0. The lowest BCUT2D eigenvalue weighted by molar-refractivity contribution is -0.123. The van der Waals surface area contributed by atoms with Gasteiger partial charge in [0.05, 0.1) is 6.04 Å². The van der Waals surface area contributed by atoms with E-state index in [9.17, 15) is 9.18 Å². The summed E-state index contributed by atoms with van der Waals surface area (Å²) in [5.41, 5.74) is 0.742. The van der Waals surface area contributed by atoms with Gasteiger partial charge in [-0.15, -0.1) is 24.8 Å². The van der Waals surface area contributed by atoms with Crippen molar-refractivity contribution in [2.24, 2.45) is 0 Å². The molecule has 1 aliphatic rings. The summed E-state index contributed by atoms with van der Waals surface area (Å²) in [6.07, 6.45) is 4.62. The smallest absolute Gasteiger partial charge is 0.237 e. The second-order valence-electron chi connectivity index (χ2n) is 5.75. The van der Waals surface area contributed by atoms with E-state index < -0.39 is 0 Å². The maximum atomic E-state index is 13.3. The van der Waals surface area contributed by atoms with Crippen LogP contribution in [0.25, 0.3) is 0 Å². The number of carbonyl (C=O) groups is 1. The van der Waals surface area contributed by atoms with Crippen LogP contribution in [-0.4, -0.2) is 23.5 Å². The molecule has 8 heteroatoms. The minimum absolute atomic E-state index is 0. The monoisotopic (exact) mass is 401 g/mol. The fourth-order valence-electron chi connectivity index (χ4n) is 2.67. The van der Waals surface area contributed by atoms with Gasteiger partial charge in [-0.05, 0) is 37.6 Å². The third-order valence-corrected chi connectivity index (χ3v) is 3.94. The van der Waals surface area contributed by atoms with E-state index in [4.69, 9.17) is 4.74 Å². The Labute approximate surface area is 164 Å². The highest BCUT2D eigenvalue weighted by Crippen LogP contribution is 2.23. The fourth-order valence-corrected chi connectivity index (χ4v) is 2.67. The highest BCUT2D eigenvalue weighted by molar-refractivity contribution is 5.85. The molecule has 0 bridgehead atoms. The van der Waals surface area contributed by atoms with Gasteiger partial charge in [0.25, 0.3) is 0 Å². The molecule has 5 nitrogen and oxygen atoms in total. The summed E-state index contributed by atoms with van der Waals surface area (Å²) in [6, 6.07) is 9.35. The number of benzene rings is 1. The van der Waals surface area contributed by atoms with Crippen LogP contribution in [0.3, 0.4) is 0 Å². The van der Waals surface area contributed by atoms with Gasteiger partial charge in [0, 0.05) is 24.4 Å². The largest absolute Gasteiger partial charge is 0.439 e. The summed E-state index contributed by atoms with van der Waals surface area (Å²) < 4.78 is 18.9. The summed E-state index contributed by atoms with van der Waals surface area (Å²) >= 11 is 0. The molecule has 3 rings (SSSR count). The van der Waals surface area contributed by atoms with Crippen LogP contribution < -0.4 is 15.4 Å². The van der Waals surface area contributed by atoms with Gasteiger partial charge >= 0.3 is 0 Å². The van der Waals surface area contributed by atoms with E-state index in [0.29, 0.717) is 18.2 Å². The molecular weight excluding hydrogens is 380 g/mol. The number of nitrogens with zero attached hydrogens (tertiary/aromatic N) is 1. The van der Waals surface area contributed by atoms with Gasteiger partial charge in [0.1, 0.15) is 11.6 Å². The molecule has 1 atom stereocenters. The van der Waals surface area contributed by atoms with Crippen LogP contribution in [0, 0.1) is 5.82 Å². The van der Waals surface area contributed by atoms with Crippen LogP contribution in [0.15, 0.2) is 42.6 Å². The number of hydrogen-bond acceptors (Lipinski definition) is 4. The Kier molecular flexibility index (Phi) is 9.34. The normalized spacial score (nSPS) is 16.0. The highest BCUT2D eigenvalue weighted by atomic mass is 35.5. The van der Waals surface area contributed by atoms with Crippen LogP contribution in [0.1, 0.15) is 24.8 Å².